The van der Waals surface area contributed by atoms with Crippen LogP contribution in [0.25, 0.3) is 22.6 Å². The molecule has 0 saturated carbocycles. The molecule has 5 heteroatoms. The van der Waals surface area contributed by atoms with Crippen LogP contribution in [-0.2, 0) is 0 Å². The standard InChI is InChI=1S/C13H10N4O/c1-18-10-6-4-9(5-7-10)12-15-11-3-2-8-14-13(11)17-16-12/h2-8H,1H3. The van der Waals surface area contributed by atoms with E-state index in [1.165, 1.54) is 0 Å². The van der Waals surface area contributed by atoms with E-state index in [9.17, 15) is 0 Å². The monoisotopic (exact) mass is 238 g/mol. The van der Waals surface area contributed by atoms with Gasteiger partial charge in [-0.05, 0) is 36.4 Å². The Labute approximate surface area is 103 Å². The second kappa shape index (κ2) is 4.37. The summed E-state index contributed by atoms with van der Waals surface area (Å²) in [7, 11) is 1.63. The van der Waals surface area contributed by atoms with Crippen LogP contribution < -0.4 is 4.74 Å². The molecule has 0 radical (unpaired) electrons. The van der Waals surface area contributed by atoms with E-state index < -0.39 is 0 Å². The number of nitrogens with zero attached hydrogens (tertiary/aromatic N) is 4. The average Bonchev–Trinajstić information content (AvgIpc) is 2.47. The summed E-state index contributed by atoms with van der Waals surface area (Å²) in [5.74, 6) is 1.38. The Morgan fingerprint density at radius 1 is 1.00 bits per heavy atom. The Hall–Kier alpha value is -2.56. The van der Waals surface area contributed by atoms with Crippen LogP contribution in [0, 0.1) is 0 Å². The predicted molar refractivity (Wildman–Crippen MR) is 67.1 cm³/mol. The molecule has 88 valence electrons. The Morgan fingerprint density at radius 2 is 1.83 bits per heavy atom. The molecule has 0 bridgehead atoms. The van der Waals surface area contributed by atoms with Crippen molar-refractivity contribution in [3.63, 3.8) is 0 Å². The quantitative estimate of drug-likeness (QED) is 0.684. The summed E-state index contributed by atoms with van der Waals surface area (Å²) in [5, 5.41) is 8.11. The van der Waals surface area contributed by atoms with Crippen LogP contribution in [0.5, 0.6) is 5.75 Å². The molecular weight excluding hydrogens is 228 g/mol. The molecule has 2 heterocycles. The van der Waals surface area contributed by atoms with E-state index >= 15 is 0 Å². The zero-order valence-electron chi connectivity index (χ0n) is 9.74. The topological polar surface area (TPSA) is 60.8 Å². The van der Waals surface area contributed by atoms with E-state index in [0.29, 0.717) is 11.5 Å². The van der Waals surface area contributed by atoms with Crippen molar-refractivity contribution in [1.29, 1.82) is 0 Å². The molecule has 3 aromatic rings. The number of aromatic nitrogens is 4. The predicted octanol–water partition coefficient (Wildman–Crippen LogP) is 2.10. The zero-order valence-corrected chi connectivity index (χ0v) is 9.74. The number of ether oxygens (including phenoxy) is 1. The summed E-state index contributed by atoms with van der Waals surface area (Å²) in [6.45, 7) is 0. The highest BCUT2D eigenvalue weighted by Crippen LogP contribution is 2.19. The number of pyridine rings is 1. The fourth-order valence-electron chi connectivity index (χ4n) is 1.65. The molecule has 3 rings (SSSR count). The molecular formula is C13H10N4O. The molecule has 0 aliphatic carbocycles. The maximum absolute atomic E-state index is 5.11. The van der Waals surface area contributed by atoms with Gasteiger partial charge < -0.3 is 4.74 Å². The van der Waals surface area contributed by atoms with Crippen molar-refractivity contribution in [3.05, 3.63) is 42.6 Å². The molecule has 0 amide bonds. The van der Waals surface area contributed by atoms with Gasteiger partial charge in [0.05, 0.1) is 7.11 Å². The minimum Gasteiger partial charge on any atom is -0.497 e. The van der Waals surface area contributed by atoms with Crippen LogP contribution in [-0.4, -0.2) is 27.3 Å². The van der Waals surface area contributed by atoms with Gasteiger partial charge in [-0.2, -0.15) is 0 Å². The summed E-state index contributed by atoms with van der Waals surface area (Å²) in [4.78, 5) is 8.51. The normalized spacial score (nSPS) is 10.5. The van der Waals surface area contributed by atoms with Crippen LogP contribution in [0.1, 0.15) is 0 Å². The zero-order chi connectivity index (χ0) is 12.4. The smallest absolute Gasteiger partial charge is 0.200 e. The van der Waals surface area contributed by atoms with Gasteiger partial charge in [0.1, 0.15) is 11.3 Å². The highest BCUT2D eigenvalue weighted by atomic mass is 16.5. The summed E-state index contributed by atoms with van der Waals surface area (Å²) < 4.78 is 5.11. The number of fused-ring (bicyclic) bond motifs is 1. The first-order valence-corrected chi connectivity index (χ1v) is 5.47. The lowest BCUT2D eigenvalue weighted by Gasteiger charge is -2.02. The van der Waals surface area contributed by atoms with Crippen LogP contribution in [0.4, 0.5) is 0 Å². The van der Waals surface area contributed by atoms with Crippen molar-refractivity contribution in [2.24, 2.45) is 0 Å². The fourth-order valence-corrected chi connectivity index (χ4v) is 1.65. The molecule has 0 atom stereocenters. The molecule has 0 spiro atoms. The Morgan fingerprint density at radius 3 is 2.61 bits per heavy atom. The lowest BCUT2D eigenvalue weighted by atomic mass is 10.2. The first-order valence-electron chi connectivity index (χ1n) is 5.47. The van der Waals surface area contributed by atoms with Gasteiger partial charge in [-0.25, -0.2) is 9.97 Å². The maximum Gasteiger partial charge on any atom is 0.200 e. The van der Waals surface area contributed by atoms with Crippen LogP contribution in [0.15, 0.2) is 42.6 Å². The van der Waals surface area contributed by atoms with Crippen molar-refractivity contribution < 1.29 is 4.74 Å². The van der Waals surface area contributed by atoms with Gasteiger partial charge in [0.2, 0.25) is 0 Å². The van der Waals surface area contributed by atoms with Crippen LogP contribution in [0.2, 0.25) is 0 Å². The summed E-state index contributed by atoms with van der Waals surface area (Å²) in [6.07, 6.45) is 1.67. The van der Waals surface area contributed by atoms with E-state index in [2.05, 4.69) is 20.2 Å². The third-order valence-corrected chi connectivity index (χ3v) is 2.58. The third-order valence-electron chi connectivity index (χ3n) is 2.58. The lowest BCUT2D eigenvalue weighted by molar-refractivity contribution is 0.415. The number of benzene rings is 1. The highest BCUT2D eigenvalue weighted by molar-refractivity contribution is 5.71. The summed E-state index contributed by atoms with van der Waals surface area (Å²) in [6, 6.07) is 11.2. The highest BCUT2D eigenvalue weighted by Gasteiger charge is 2.04. The lowest BCUT2D eigenvalue weighted by Crippen LogP contribution is -1.95. The number of hydrogen-bond acceptors (Lipinski definition) is 5. The Kier molecular flexibility index (Phi) is 2.57. The molecule has 0 N–H and O–H groups in total. The van der Waals surface area contributed by atoms with E-state index in [0.717, 1.165) is 16.8 Å². The van der Waals surface area contributed by atoms with Gasteiger partial charge in [0.25, 0.3) is 0 Å². The van der Waals surface area contributed by atoms with Gasteiger partial charge in [0.15, 0.2) is 11.5 Å². The molecule has 2 aromatic heterocycles. The number of rotatable bonds is 2. The second-order valence-corrected chi connectivity index (χ2v) is 3.71. The van der Waals surface area contributed by atoms with E-state index in [1.807, 2.05) is 36.4 Å². The largest absolute Gasteiger partial charge is 0.497 e. The van der Waals surface area contributed by atoms with Crippen molar-refractivity contribution in [2.75, 3.05) is 7.11 Å². The first-order chi connectivity index (χ1) is 8.86. The SMILES string of the molecule is COc1ccc(-c2nnc3ncccc3n2)cc1. The molecule has 0 fully saturated rings. The van der Waals surface area contributed by atoms with E-state index in [4.69, 9.17) is 4.74 Å². The molecule has 0 saturated heterocycles. The van der Waals surface area contributed by atoms with Crippen molar-refractivity contribution in [3.8, 4) is 17.1 Å². The third kappa shape index (κ3) is 1.86. The summed E-state index contributed by atoms with van der Waals surface area (Å²) in [5.41, 5.74) is 2.18. The molecule has 0 aliphatic rings. The van der Waals surface area contributed by atoms with E-state index in [-0.39, 0.29) is 0 Å². The molecule has 5 nitrogen and oxygen atoms in total. The van der Waals surface area contributed by atoms with Crippen LogP contribution in [0.3, 0.4) is 0 Å². The van der Waals surface area contributed by atoms with Gasteiger partial charge >= 0.3 is 0 Å². The summed E-state index contributed by atoms with van der Waals surface area (Å²) >= 11 is 0. The molecule has 18 heavy (non-hydrogen) atoms. The fraction of sp³-hybridized carbons (Fsp3) is 0.0769. The maximum atomic E-state index is 5.11. The minimum atomic E-state index is 0.551. The van der Waals surface area contributed by atoms with Crippen molar-refractivity contribution in [2.45, 2.75) is 0 Å². The van der Waals surface area contributed by atoms with E-state index in [1.54, 1.807) is 13.3 Å². The van der Waals surface area contributed by atoms with Gasteiger partial charge in [-0.3, -0.25) is 0 Å². The minimum absolute atomic E-state index is 0.551. The van der Waals surface area contributed by atoms with Crippen molar-refractivity contribution >= 4 is 11.2 Å². The van der Waals surface area contributed by atoms with Gasteiger partial charge in [-0.1, -0.05) is 0 Å². The van der Waals surface area contributed by atoms with Gasteiger partial charge in [0, 0.05) is 11.8 Å². The molecule has 0 unspecified atom stereocenters. The first kappa shape index (κ1) is 10.6. The van der Waals surface area contributed by atoms with Crippen LogP contribution >= 0.6 is 0 Å². The Balaban J connectivity index is 2.07. The number of methoxy groups -OCH3 is 1. The number of hydrogen-bond donors (Lipinski definition) is 0. The molecule has 1 aromatic carbocycles. The van der Waals surface area contributed by atoms with Crippen molar-refractivity contribution in [1.82, 2.24) is 20.2 Å². The average molecular weight is 238 g/mol. The van der Waals surface area contributed by atoms with Gasteiger partial charge in [-0.15, -0.1) is 10.2 Å². The molecule has 0 aliphatic heterocycles. The second-order valence-electron chi connectivity index (χ2n) is 3.71. The Bertz CT molecular complexity index is 682.